The van der Waals surface area contributed by atoms with Crippen LogP contribution in [0.15, 0.2) is 24.3 Å². The Morgan fingerprint density at radius 1 is 1.10 bits per heavy atom. The van der Waals surface area contributed by atoms with Crippen molar-refractivity contribution >= 4 is 17.7 Å². The SMILES string of the molecule is CCOc1ccc(C(=O)NCC(=O)CCC(=O)OC)cc1. The summed E-state index contributed by atoms with van der Waals surface area (Å²) in [7, 11) is 1.26. The molecule has 0 atom stereocenters. The first-order chi connectivity index (χ1) is 10.1. The van der Waals surface area contributed by atoms with Gasteiger partial charge < -0.3 is 14.8 Å². The molecule has 1 N–H and O–H groups in total. The number of carbonyl (C=O) groups excluding carboxylic acids is 3. The second kappa shape index (κ2) is 8.73. The van der Waals surface area contributed by atoms with E-state index in [1.165, 1.54) is 7.11 Å². The van der Waals surface area contributed by atoms with Crippen molar-refractivity contribution < 1.29 is 23.9 Å². The summed E-state index contributed by atoms with van der Waals surface area (Å²) in [6, 6.07) is 6.63. The Kier molecular flexibility index (Phi) is 6.94. The van der Waals surface area contributed by atoms with E-state index in [9.17, 15) is 14.4 Å². The van der Waals surface area contributed by atoms with Crippen LogP contribution in [0.4, 0.5) is 0 Å². The van der Waals surface area contributed by atoms with E-state index in [0.717, 1.165) is 0 Å². The van der Waals surface area contributed by atoms with E-state index in [2.05, 4.69) is 10.1 Å². The fraction of sp³-hybridized carbons (Fsp3) is 0.400. The minimum absolute atomic E-state index is 0.0221. The van der Waals surface area contributed by atoms with Crippen LogP contribution in [-0.4, -0.2) is 37.9 Å². The second-order valence-corrected chi connectivity index (χ2v) is 4.25. The number of amides is 1. The predicted octanol–water partition coefficient (Wildman–Crippen LogP) is 1.34. The maximum atomic E-state index is 11.8. The number of esters is 1. The van der Waals surface area contributed by atoms with Crippen LogP contribution in [0.1, 0.15) is 30.1 Å². The van der Waals surface area contributed by atoms with Crippen LogP contribution >= 0.6 is 0 Å². The summed E-state index contributed by atoms with van der Waals surface area (Å²) in [5, 5.41) is 2.51. The lowest BCUT2D eigenvalue weighted by Crippen LogP contribution is -2.29. The molecule has 0 bridgehead atoms. The zero-order valence-electron chi connectivity index (χ0n) is 12.2. The molecule has 1 aromatic rings. The smallest absolute Gasteiger partial charge is 0.305 e. The number of Topliss-reactive ketones (excluding diaryl/α,β-unsaturated/α-hetero) is 1. The lowest BCUT2D eigenvalue weighted by Gasteiger charge is -2.06. The van der Waals surface area contributed by atoms with Gasteiger partial charge in [0.15, 0.2) is 5.78 Å². The molecule has 1 amide bonds. The number of rotatable bonds is 8. The Hall–Kier alpha value is -2.37. The highest BCUT2D eigenvalue weighted by Crippen LogP contribution is 2.11. The van der Waals surface area contributed by atoms with Gasteiger partial charge in [-0.3, -0.25) is 14.4 Å². The number of carbonyl (C=O) groups is 3. The molecule has 6 heteroatoms. The summed E-state index contributed by atoms with van der Waals surface area (Å²) in [5.74, 6) is -0.325. The van der Waals surface area contributed by atoms with Crippen molar-refractivity contribution in [1.29, 1.82) is 0 Å². The minimum atomic E-state index is -0.443. The molecule has 0 aliphatic heterocycles. The van der Waals surface area contributed by atoms with Gasteiger partial charge in [-0.1, -0.05) is 0 Å². The molecule has 0 aliphatic rings. The Morgan fingerprint density at radius 2 is 1.76 bits per heavy atom. The highest BCUT2D eigenvalue weighted by Gasteiger charge is 2.10. The van der Waals surface area contributed by atoms with Crippen LogP contribution < -0.4 is 10.1 Å². The highest BCUT2D eigenvalue weighted by atomic mass is 16.5. The molecular weight excluding hydrogens is 274 g/mol. The molecule has 114 valence electrons. The monoisotopic (exact) mass is 293 g/mol. The van der Waals surface area contributed by atoms with Gasteiger partial charge in [0, 0.05) is 12.0 Å². The number of nitrogens with one attached hydrogen (secondary N) is 1. The van der Waals surface area contributed by atoms with Crippen LogP contribution in [0.5, 0.6) is 5.75 Å². The third-order valence-electron chi connectivity index (χ3n) is 2.71. The number of hydrogen-bond donors (Lipinski definition) is 1. The molecule has 0 saturated carbocycles. The van der Waals surface area contributed by atoms with E-state index < -0.39 is 5.97 Å². The van der Waals surface area contributed by atoms with Crippen molar-refractivity contribution in [3.63, 3.8) is 0 Å². The molecule has 0 saturated heterocycles. The van der Waals surface area contributed by atoms with E-state index in [-0.39, 0.29) is 31.1 Å². The summed E-state index contributed by atoms with van der Waals surface area (Å²) in [6.45, 7) is 2.32. The lowest BCUT2D eigenvalue weighted by molar-refractivity contribution is -0.141. The van der Waals surface area contributed by atoms with Crippen LogP contribution in [0.2, 0.25) is 0 Å². The van der Waals surface area contributed by atoms with Gasteiger partial charge in [-0.05, 0) is 31.2 Å². The molecule has 21 heavy (non-hydrogen) atoms. The minimum Gasteiger partial charge on any atom is -0.494 e. The summed E-state index contributed by atoms with van der Waals surface area (Å²) >= 11 is 0. The van der Waals surface area contributed by atoms with Gasteiger partial charge in [0.2, 0.25) is 0 Å². The zero-order chi connectivity index (χ0) is 15.7. The Balaban J connectivity index is 2.39. The topological polar surface area (TPSA) is 81.7 Å². The average molecular weight is 293 g/mol. The summed E-state index contributed by atoms with van der Waals surface area (Å²) < 4.78 is 9.71. The first-order valence-corrected chi connectivity index (χ1v) is 6.66. The number of methoxy groups -OCH3 is 1. The van der Waals surface area contributed by atoms with Crippen molar-refractivity contribution in [2.24, 2.45) is 0 Å². The molecule has 0 radical (unpaired) electrons. The maximum Gasteiger partial charge on any atom is 0.305 e. The van der Waals surface area contributed by atoms with Gasteiger partial charge >= 0.3 is 5.97 Å². The first kappa shape index (κ1) is 16.7. The molecule has 0 aromatic heterocycles. The fourth-order valence-corrected chi connectivity index (χ4v) is 1.58. The van der Waals surface area contributed by atoms with Gasteiger partial charge in [0.05, 0.1) is 26.7 Å². The number of hydrogen-bond acceptors (Lipinski definition) is 5. The van der Waals surface area contributed by atoms with Crippen LogP contribution in [0.25, 0.3) is 0 Å². The third-order valence-corrected chi connectivity index (χ3v) is 2.71. The molecule has 0 fully saturated rings. The number of ketones is 1. The summed E-state index contributed by atoms with van der Waals surface area (Å²) in [4.78, 5) is 34.2. The normalized spacial score (nSPS) is 9.81. The molecule has 1 aromatic carbocycles. The van der Waals surface area contributed by atoms with Gasteiger partial charge in [-0.2, -0.15) is 0 Å². The molecule has 6 nitrogen and oxygen atoms in total. The van der Waals surface area contributed by atoms with Crippen molar-refractivity contribution in [3.8, 4) is 5.75 Å². The zero-order valence-corrected chi connectivity index (χ0v) is 12.2. The molecule has 0 heterocycles. The van der Waals surface area contributed by atoms with Crippen molar-refractivity contribution in [2.75, 3.05) is 20.3 Å². The van der Waals surface area contributed by atoms with Crippen LogP contribution in [0, 0.1) is 0 Å². The summed E-state index contributed by atoms with van der Waals surface area (Å²) in [5.41, 5.74) is 0.444. The predicted molar refractivity (Wildman–Crippen MR) is 76.2 cm³/mol. The van der Waals surface area contributed by atoms with Gasteiger partial charge in [-0.25, -0.2) is 0 Å². The maximum absolute atomic E-state index is 11.8. The van der Waals surface area contributed by atoms with E-state index >= 15 is 0 Å². The van der Waals surface area contributed by atoms with E-state index in [4.69, 9.17) is 4.74 Å². The van der Waals surface area contributed by atoms with Crippen molar-refractivity contribution in [2.45, 2.75) is 19.8 Å². The Bertz CT molecular complexity index is 495. The first-order valence-electron chi connectivity index (χ1n) is 6.66. The van der Waals surface area contributed by atoms with Crippen LogP contribution in [-0.2, 0) is 14.3 Å². The molecular formula is C15H19NO5. The van der Waals surface area contributed by atoms with Crippen molar-refractivity contribution in [3.05, 3.63) is 29.8 Å². The fourth-order valence-electron chi connectivity index (χ4n) is 1.58. The largest absolute Gasteiger partial charge is 0.494 e. The molecule has 1 rings (SSSR count). The summed E-state index contributed by atoms with van der Waals surface area (Å²) in [6.07, 6.45) is 0.0739. The van der Waals surface area contributed by atoms with Gasteiger partial charge in [-0.15, -0.1) is 0 Å². The second-order valence-electron chi connectivity index (χ2n) is 4.25. The number of ether oxygens (including phenoxy) is 2. The lowest BCUT2D eigenvalue weighted by atomic mass is 10.2. The highest BCUT2D eigenvalue weighted by molar-refractivity contribution is 5.97. The Morgan fingerprint density at radius 3 is 2.33 bits per heavy atom. The molecule has 0 aliphatic carbocycles. The van der Waals surface area contributed by atoms with E-state index in [1.54, 1.807) is 24.3 Å². The quantitative estimate of drug-likeness (QED) is 0.731. The van der Waals surface area contributed by atoms with Crippen LogP contribution in [0.3, 0.4) is 0 Å². The van der Waals surface area contributed by atoms with Crippen molar-refractivity contribution in [1.82, 2.24) is 5.32 Å². The van der Waals surface area contributed by atoms with E-state index in [0.29, 0.717) is 17.9 Å². The van der Waals surface area contributed by atoms with E-state index in [1.807, 2.05) is 6.92 Å². The standard InChI is InChI=1S/C15H19NO5/c1-3-21-13-7-4-11(5-8-13)15(19)16-10-12(17)6-9-14(18)20-2/h4-5,7-8H,3,6,9-10H2,1-2H3,(H,16,19). The average Bonchev–Trinajstić information content (AvgIpc) is 2.51. The third kappa shape index (κ3) is 6.07. The van der Waals surface area contributed by atoms with Gasteiger partial charge in [0.25, 0.3) is 5.91 Å². The Labute approximate surface area is 123 Å². The molecule has 0 unspecified atom stereocenters. The number of benzene rings is 1. The molecule has 0 spiro atoms. The van der Waals surface area contributed by atoms with Gasteiger partial charge in [0.1, 0.15) is 5.75 Å².